The van der Waals surface area contributed by atoms with Crippen molar-refractivity contribution in [3.8, 4) is 0 Å². The first-order valence-electron chi connectivity index (χ1n) is 9.67. The van der Waals surface area contributed by atoms with Gasteiger partial charge in [0, 0.05) is 38.0 Å². The van der Waals surface area contributed by atoms with Crippen LogP contribution < -0.4 is 0 Å². The zero-order valence-electron chi connectivity index (χ0n) is 15.5. The van der Waals surface area contributed by atoms with E-state index in [0.29, 0.717) is 6.04 Å². The summed E-state index contributed by atoms with van der Waals surface area (Å²) in [6.45, 7) is 16.3. The average Bonchev–Trinajstić information content (AvgIpc) is 2.63. The van der Waals surface area contributed by atoms with E-state index in [0.717, 1.165) is 6.54 Å². The Morgan fingerprint density at radius 1 is 1.13 bits per heavy atom. The van der Waals surface area contributed by atoms with Crippen molar-refractivity contribution in [2.75, 3.05) is 58.1 Å². The van der Waals surface area contributed by atoms with Crippen molar-refractivity contribution < 1.29 is 0 Å². The molecule has 2 aliphatic heterocycles. The van der Waals surface area contributed by atoms with Gasteiger partial charge in [-0.3, -0.25) is 4.99 Å². The van der Waals surface area contributed by atoms with Crippen LogP contribution in [0.5, 0.6) is 0 Å². The Kier molecular flexibility index (Phi) is 8.77. The van der Waals surface area contributed by atoms with Crippen LogP contribution in [0.1, 0.15) is 46.5 Å². The van der Waals surface area contributed by atoms with E-state index >= 15 is 0 Å². The summed E-state index contributed by atoms with van der Waals surface area (Å²) in [5.41, 5.74) is 0. The molecule has 0 bridgehead atoms. The Morgan fingerprint density at radius 3 is 2.43 bits per heavy atom. The number of hydrogen-bond donors (Lipinski definition) is 0. The van der Waals surface area contributed by atoms with Crippen LogP contribution in [-0.2, 0) is 0 Å². The second-order valence-corrected chi connectivity index (χ2v) is 7.67. The Morgan fingerprint density at radius 2 is 1.87 bits per heavy atom. The lowest BCUT2D eigenvalue weighted by atomic mass is 10.0. The van der Waals surface area contributed by atoms with E-state index in [4.69, 9.17) is 4.99 Å². The van der Waals surface area contributed by atoms with Crippen molar-refractivity contribution in [3.63, 3.8) is 0 Å². The first kappa shape index (κ1) is 19.1. The Bertz CT molecular complexity index is 349. The topological polar surface area (TPSA) is 22.1 Å². The molecule has 0 aromatic rings. The van der Waals surface area contributed by atoms with Crippen molar-refractivity contribution in [3.05, 3.63) is 0 Å². The van der Waals surface area contributed by atoms with Gasteiger partial charge in [0.25, 0.3) is 0 Å². The summed E-state index contributed by atoms with van der Waals surface area (Å²) >= 11 is 1.99. The molecule has 0 aliphatic carbocycles. The fourth-order valence-electron chi connectivity index (χ4n) is 3.61. The van der Waals surface area contributed by atoms with Gasteiger partial charge in [0.05, 0.1) is 0 Å². The maximum Gasteiger partial charge on any atom is 0.159 e. The van der Waals surface area contributed by atoms with E-state index in [2.05, 4.69) is 35.5 Å². The SMILES string of the molecule is CCN(CC)CCCN(C1=NCCCS1)C1CCN(CC)CC1. The predicted molar refractivity (Wildman–Crippen MR) is 104 cm³/mol. The van der Waals surface area contributed by atoms with E-state index in [1.54, 1.807) is 0 Å². The highest BCUT2D eigenvalue weighted by molar-refractivity contribution is 8.13. The van der Waals surface area contributed by atoms with Crippen molar-refractivity contribution in [1.82, 2.24) is 14.7 Å². The molecule has 0 aromatic heterocycles. The normalized spacial score (nSPS) is 20.8. The maximum absolute atomic E-state index is 4.86. The number of hydrogen-bond acceptors (Lipinski definition) is 5. The van der Waals surface area contributed by atoms with Crippen molar-refractivity contribution >= 4 is 16.9 Å². The number of thioether (sulfide) groups is 1. The highest BCUT2D eigenvalue weighted by atomic mass is 32.2. The van der Waals surface area contributed by atoms with Crippen LogP contribution in [0.3, 0.4) is 0 Å². The Balaban J connectivity index is 1.91. The minimum absolute atomic E-state index is 0.707. The van der Waals surface area contributed by atoms with E-state index in [9.17, 15) is 0 Å². The molecule has 0 spiro atoms. The highest BCUT2D eigenvalue weighted by Gasteiger charge is 2.27. The number of rotatable bonds is 8. The van der Waals surface area contributed by atoms with Gasteiger partial charge in [0.1, 0.15) is 0 Å². The third kappa shape index (κ3) is 5.95. The summed E-state index contributed by atoms with van der Waals surface area (Å²) < 4.78 is 0. The molecule has 23 heavy (non-hydrogen) atoms. The third-order valence-electron chi connectivity index (χ3n) is 5.24. The Labute approximate surface area is 147 Å². The molecule has 1 saturated heterocycles. The van der Waals surface area contributed by atoms with E-state index in [1.807, 2.05) is 11.8 Å². The van der Waals surface area contributed by atoms with Gasteiger partial charge in [0.15, 0.2) is 5.17 Å². The molecule has 0 unspecified atom stereocenters. The van der Waals surface area contributed by atoms with Crippen molar-refractivity contribution in [2.45, 2.75) is 52.5 Å². The molecule has 134 valence electrons. The zero-order valence-corrected chi connectivity index (χ0v) is 16.3. The van der Waals surface area contributed by atoms with Crippen LogP contribution in [0.25, 0.3) is 0 Å². The summed E-state index contributed by atoms with van der Waals surface area (Å²) in [5, 5.41) is 1.34. The molecule has 4 nitrogen and oxygen atoms in total. The van der Waals surface area contributed by atoms with Gasteiger partial charge >= 0.3 is 0 Å². The van der Waals surface area contributed by atoms with Crippen molar-refractivity contribution in [1.29, 1.82) is 0 Å². The molecule has 2 aliphatic rings. The minimum Gasteiger partial charge on any atom is -0.348 e. The van der Waals surface area contributed by atoms with Gasteiger partial charge in [-0.1, -0.05) is 32.5 Å². The molecule has 0 N–H and O–H groups in total. The highest BCUT2D eigenvalue weighted by Crippen LogP contribution is 2.23. The van der Waals surface area contributed by atoms with Crippen LogP contribution >= 0.6 is 11.8 Å². The molecule has 0 aromatic carbocycles. The summed E-state index contributed by atoms with van der Waals surface area (Å²) in [7, 11) is 0. The lowest BCUT2D eigenvalue weighted by molar-refractivity contribution is 0.155. The molecule has 5 heteroatoms. The van der Waals surface area contributed by atoms with Crippen LogP contribution in [-0.4, -0.2) is 84.0 Å². The Hall–Kier alpha value is -0.260. The van der Waals surface area contributed by atoms with Gasteiger partial charge in [-0.25, -0.2) is 0 Å². The number of aliphatic imine (C=N–C) groups is 1. The molecule has 0 radical (unpaired) electrons. The number of nitrogens with zero attached hydrogens (tertiary/aromatic N) is 4. The van der Waals surface area contributed by atoms with E-state index in [1.165, 1.54) is 82.4 Å². The standard InChI is InChI=1S/C18H36N4S/c1-4-20(5-2)12-8-13-22(18-19-11-7-16-23-18)17-9-14-21(6-3)15-10-17/h17H,4-16H2,1-3H3. The van der Waals surface area contributed by atoms with Crippen LogP contribution in [0.15, 0.2) is 4.99 Å². The van der Waals surface area contributed by atoms with Gasteiger partial charge < -0.3 is 14.7 Å². The maximum atomic E-state index is 4.86. The number of piperidine rings is 1. The van der Waals surface area contributed by atoms with Gasteiger partial charge in [-0.15, -0.1) is 0 Å². The first-order chi connectivity index (χ1) is 11.3. The van der Waals surface area contributed by atoms with Crippen molar-refractivity contribution in [2.24, 2.45) is 4.99 Å². The summed E-state index contributed by atoms with van der Waals surface area (Å²) in [6, 6.07) is 0.707. The molecule has 2 heterocycles. The lowest BCUT2D eigenvalue weighted by Crippen LogP contribution is -2.48. The second kappa shape index (κ2) is 10.6. The smallest absolute Gasteiger partial charge is 0.159 e. The molecular weight excluding hydrogens is 304 g/mol. The molecule has 0 atom stereocenters. The van der Waals surface area contributed by atoms with E-state index < -0.39 is 0 Å². The largest absolute Gasteiger partial charge is 0.348 e. The zero-order chi connectivity index (χ0) is 16.5. The van der Waals surface area contributed by atoms with Gasteiger partial charge in [-0.05, 0) is 51.9 Å². The number of amidine groups is 1. The molecule has 2 rings (SSSR count). The van der Waals surface area contributed by atoms with Gasteiger partial charge in [0.2, 0.25) is 0 Å². The second-order valence-electron chi connectivity index (χ2n) is 6.61. The predicted octanol–water partition coefficient (Wildman–Crippen LogP) is 3.00. The van der Waals surface area contributed by atoms with Crippen LogP contribution in [0, 0.1) is 0 Å². The molecule has 1 fully saturated rings. The van der Waals surface area contributed by atoms with Crippen LogP contribution in [0.4, 0.5) is 0 Å². The molecule has 0 amide bonds. The fourth-order valence-corrected chi connectivity index (χ4v) is 4.65. The average molecular weight is 341 g/mol. The quantitative estimate of drug-likeness (QED) is 0.677. The monoisotopic (exact) mass is 340 g/mol. The molecule has 0 saturated carbocycles. The number of likely N-dealkylation sites (tertiary alicyclic amines) is 1. The van der Waals surface area contributed by atoms with Gasteiger partial charge in [-0.2, -0.15) is 0 Å². The fraction of sp³-hybridized carbons (Fsp3) is 0.944. The molecular formula is C18H36N4S. The summed E-state index contributed by atoms with van der Waals surface area (Å²) in [4.78, 5) is 12.6. The summed E-state index contributed by atoms with van der Waals surface area (Å²) in [6.07, 6.45) is 5.11. The minimum atomic E-state index is 0.707. The van der Waals surface area contributed by atoms with Crippen LogP contribution in [0.2, 0.25) is 0 Å². The first-order valence-corrected chi connectivity index (χ1v) is 10.7. The lowest BCUT2D eigenvalue weighted by Gasteiger charge is -2.40. The third-order valence-corrected chi connectivity index (χ3v) is 6.35. The summed E-state index contributed by atoms with van der Waals surface area (Å²) in [5.74, 6) is 1.25. The van der Waals surface area contributed by atoms with E-state index in [-0.39, 0.29) is 0 Å².